The maximum Gasteiger partial charge on any atom is 0.295 e. The summed E-state index contributed by atoms with van der Waals surface area (Å²) in [4.78, 5) is 28.7. The minimum atomic E-state index is -4.96. The average Bonchev–Trinajstić information content (AvgIpc) is 3.25. The Balaban J connectivity index is 1.27. The molecule has 2 aromatic carbocycles. The second-order valence-corrected chi connectivity index (χ2v) is 21.9. The van der Waals surface area contributed by atoms with Gasteiger partial charge in [0.15, 0.2) is 0 Å². The Bertz CT molecular complexity index is 2720. The molecule has 2 fully saturated rings. The smallest absolute Gasteiger partial charge is 0.295 e. The Labute approximate surface area is 392 Å². The molecular formula is C38H52N12O14S4. The average molecular weight is 1030 g/mol. The molecule has 0 spiro atoms. The van der Waals surface area contributed by atoms with E-state index in [0.29, 0.717) is 39.0 Å². The largest absolute Gasteiger partial charge is 0.396 e. The number of nitrogens with zero attached hydrogens (tertiary/aromatic N) is 8. The molecule has 10 N–H and O–H groups in total. The highest BCUT2D eigenvalue weighted by Gasteiger charge is 2.26. The van der Waals surface area contributed by atoms with Crippen molar-refractivity contribution >= 4 is 99.7 Å². The predicted octanol–water partition coefficient (Wildman–Crippen LogP) is 2.00. The summed E-state index contributed by atoms with van der Waals surface area (Å²) in [6, 6.07) is 7.51. The molecule has 2 atom stereocenters. The molecule has 0 amide bonds. The Morgan fingerprint density at radius 3 is 1.29 bits per heavy atom. The van der Waals surface area contributed by atoms with Crippen molar-refractivity contribution in [3.63, 3.8) is 0 Å². The molecule has 2 unspecified atom stereocenters. The van der Waals surface area contributed by atoms with Crippen LogP contribution in [0.3, 0.4) is 0 Å². The van der Waals surface area contributed by atoms with E-state index in [4.69, 9.17) is 0 Å². The molecule has 2 aromatic heterocycles. The van der Waals surface area contributed by atoms with Gasteiger partial charge >= 0.3 is 0 Å². The number of hydrogen-bond acceptors (Lipinski definition) is 22. The Morgan fingerprint density at radius 1 is 0.559 bits per heavy atom. The highest BCUT2D eigenvalue weighted by molar-refractivity contribution is 7.86. The zero-order valence-electron chi connectivity index (χ0n) is 36.2. The van der Waals surface area contributed by atoms with Crippen LogP contribution in [-0.2, 0) is 40.5 Å². The maximum atomic E-state index is 12.7. The summed E-state index contributed by atoms with van der Waals surface area (Å²) in [7, 11) is -18.6. The fourth-order valence-electron chi connectivity index (χ4n) is 7.58. The monoisotopic (exact) mass is 1030 g/mol. The van der Waals surface area contributed by atoms with Gasteiger partial charge in [0, 0.05) is 63.9 Å². The number of benzene rings is 2. The number of anilines is 8. The summed E-state index contributed by atoms with van der Waals surface area (Å²) >= 11 is 0. The van der Waals surface area contributed by atoms with E-state index in [1.807, 2.05) is 9.80 Å². The van der Waals surface area contributed by atoms with Crippen LogP contribution < -0.4 is 31.1 Å². The number of aromatic nitrogens is 6. The third-order valence-electron chi connectivity index (χ3n) is 10.7. The molecule has 2 saturated heterocycles. The van der Waals surface area contributed by atoms with Crippen LogP contribution in [0.15, 0.2) is 46.2 Å². The van der Waals surface area contributed by atoms with Crippen LogP contribution in [0.25, 0.3) is 12.2 Å². The highest BCUT2D eigenvalue weighted by Crippen LogP contribution is 2.30. The lowest BCUT2D eigenvalue weighted by molar-refractivity contribution is 0.243. The number of piperidine rings is 2. The van der Waals surface area contributed by atoms with Crippen LogP contribution in [-0.4, -0.2) is 156 Å². The topological polar surface area (TPSA) is 390 Å². The number of aliphatic hydroxyl groups excluding tert-OH is 2. The van der Waals surface area contributed by atoms with Crippen molar-refractivity contribution in [2.45, 2.75) is 48.3 Å². The van der Waals surface area contributed by atoms with E-state index in [1.54, 1.807) is 0 Å². The van der Waals surface area contributed by atoms with Crippen molar-refractivity contribution in [2.24, 2.45) is 11.8 Å². The van der Waals surface area contributed by atoms with E-state index < -0.39 is 61.8 Å². The first-order valence-electron chi connectivity index (χ1n) is 21.1. The minimum Gasteiger partial charge on any atom is -0.396 e. The van der Waals surface area contributed by atoms with Gasteiger partial charge in [-0.1, -0.05) is 24.3 Å². The van der Waals surface area contributed by atoms with E-state index >= 15 is 0 Å². The first-order valence-corrected chi connectivity index (χ1v) is 27.2. The van der Waals surface area contributed by atoms with Gasteiger partial charge in [0.1, 0.15) is 9.79 Å². The van der Waals surface area contributed by atoms with Crippen molar-refractivity contribution < 1.29 is 62.1 Å². The number of aliphatic hydroxyl groups is 2. The van der Waals surface area contributed by atoms with Gasteiger partial charge < -0.3 is 41.3 Å². The molecule has 68 heavy (non-hydrogen) atoms. The zero-order chi connectivity index (χ0) is 49.3. The Kier molecular flexibility index (Phi) is 17.1. The normalized spacial score (nSPS) is 17.3. The standard InChI is InChI=1S/C38H52N12O14S4/c51-17-11-25-3-1-15-49(23-25)37-45-33(39-13-19-65(53,54)55)43-35(47-37)41-29-9-7-27(31(21-29)67(59,60)61)5-6-28-8-10-30(22-32(28)68(62,63)64)42-36-44-34(40-14-20-66(56,57)58)46-38(48-36)50-16-2-4-26(24-50)12-18-52/h5-10,21-22,25-26,51-52H,1-4,11-20,23-24H2,(H,53,54,55)(H,56,57,58)(H,59,60,61)(H,62,63,64)(H2,39,41,43,45,47)(H2,40,42,44,46,48). The molecular weight excluding hydrogens is 977 g/mol. The molecule has 2 aliphatic heterocycles. The summed E-state index contributed by atoms with van der Waals surface area (Å²) in [5, 5.41) is 30.2. The third kappa shape index (κ3) is 15.5. The molecule has 0 bridgehead atoms. The number of rotatable bonds is 22. The molecule has 0 saturated carbocycles. The first-order chi connectivity index (χ1) is 32.0. The molecule has 4 aromatic rings. The molecule has 2 aliphatic rings. The van der Waals surface area contributed by atoms with E-state index in [-0.39, 0.29) is 96.3 Å². The lowest BCUT2D eigenvalue weighted by Crippen LogP contribution is -2.37. The summed E-state index contributed by atoms with van der Waals surface area (Å²) < 4.78 is 135. The lowest BCUT2D eigenvalue weighted by atomic mass is 9.95. The van der Waals surface area contributed by atoms with Crippen LogP contribution in [0.4, 0.5) is 47.1 Å². The number of nitrogens with one attached hydrogen (secondary N) is 4. The molecule has 0 radical (unpaired) electrons. The fraction of sp³-hybridized carbons (Fsp3) is 0.474. The molecule has 0 aliphatic carbocycles. The molecule has 4 heterocycles. The molecule has 372 valence electrons. The number of hydrogen-bond donors (Lipinski definition) is 10. The lowest BCUT2D eigenvalue weighted by Gasteiger charge is -2.32. The second kappa shape index (κ2) is 22.3. The zero-order valence-corrected chi connectivity index (χ0v) is 39.5. The highest BCUT2D eigenvalue weighted by atomic mass is 32.2. The van der Waals surface area contributed by atoms with E-state index in [9.17, 15) is 62.1 Å². The summed E-state index contributed by atoms with van der Waals surface area (Å²) in [5.41, 5.74) is -0.103. The predicted molar refractivity (Wildman–Crippen MR) is 251 cm³/mol. The summed E-state index contributed by atoms with van der Waals surface area (Å²) in [6.07, 6.45) is 6.74. The summed E-state index contributed by atoms with van der Waals surface area (Å²) in [5.74, 6) is -1.04. The van der Waals surface area contributed by atoms with Gasteiger partial charge in [-0.3, -0.25) is 18.2 Å². The van der Waals surface area contributed by atoms with Gasteiger partial charge in [-0.15, -0.1) is 0 Å². The minimum absolute atomic E-state index is 0.0110. The van der Waals surface area contributed by atoms with Crippen LogP contribution in [0.1, 0.15) is 49.7 Å². The Morgan fingerprint density at radius 2 is 0.941 bits per heavy atom. The van der Waals surface area contributed by atoms with Gasteiger partial charge in [0.2, 0.25) is 35.7 Å². The van der Waals surface area contributed by atoms with Gasteiger partial charge in [-0.25, -0.2) is 0 Å². The fourth-order valence-corrected chi connectivity index (χ4v) is 9.72. The summed E-state index contributed by atoms with van der Waals surface area (Å²) in [6.45, 7) is 1.54. The van der Waals surface area contributed by atoms with Crippen molar-refractivity contribution in [3.05, 3.63) is 47.5 Å². The van der Waals surface area contributed by atoms with Crippen molar-refractivity contribution in [2.75, 3.05) is 95.1 Å². The quantitative estimate of drug-likeness (QED) is 0.0397. The van der Waals surface area contributed by atoms with Crippen molar-refractivity contribution in [3.8, 4) is 0 Å². The van der Waals surface area contributed by atoms with Gasteiger partial charge in [0.05, 0.1) is 11.5 Å². The Hall–Kier alpha value is -5.44. The van der Waals surface area contributed by atoms with Crippen LogP contribution >= 0.6 is 0 Å². The van der Waals surface area contributed by atoms with Crippen LogP contribution in [0.5, 0.6) is 0 Å². The van der Waals surface area contributed by atoms with E-state index in [2.05, 4.69) is 51.2 Å². The van der Waals surface area contributed by atoms with Gasteiger partial charge in [0.25, 0.3) is 40.5 Å². The SMILES string of the molecule is O=S(=O)(O)CCNc1nc(Nc2ccc(C=Cc3ccc(Nc4nc(NCCS(=O)(=O)O)nc(N5CCCC(CCO)C5)n4)cc3S(=O)(=O)O)c(S(=O)(=O)O)c2)nc(N2CCCC(CCO)C2)n1. The van der Waals surface area contributed by atoms with Gasteiger partial charge in [-0.2, -0.15) is 63.6 Å². The van der Waals surface area contributed by atoms with E-state index in [1.165, 1.54) is 36.4 Å². The molecule has 26 nitrogen and oxygen atoms in total. The van der Waals surface area contributed by atoms with Crippen LogP contribution in [0, 0.1) is 11.8 Å². The third-order valence-corrected chi connectivity index (χ3v) is 14.0. The molecule has 6 rings (SSSR count). The van der Waals surface area contributed by atoms with Gasteiger partial charge in [-0.05, 0) is 85.8 Å². The second-order valence-electron chi connectivity index (χ2n) is 16.0. The molecule has 30 heteroatoms. The van der Waals surface area contributed by atoms with E-state index in [0.717, 1.165) is 37.8 Å². The van der Waals surface area contributed by atoms with Crippen molar-refractivity contribution in [1.82, 2.24) is 29.9 Å². The van der Waals surface area contributed by atoms with Crippen LogP contribution in [0.2, 0.25) is 0 Å². The van der Waals surface area contributed by atoms with Crippen molar-refractivity contribution in [1.29, 1.82) is 0 Å². The maximum absolute atomic E-state index is 12.7. The first kappa shape index (κ1) is 51.9.